The number of nitrogens with zero attached hydrogens (tertiary/aromatic N) is 1. The highest BCUT2D eigenvalue weighted by atomic mass is 32.2. The highest BCUT2D eigenvalue weighted by Crippen LogP contribution is 2.69. The Morgan fingerprint density at radius 2 is 0.975 bits per heavy atom. The summed E-state index contributed by atoms with van der Waals surface area (Å²) >= 11 is 0. The minimum absolute atomic E-state index is 0.101. The SMILES string of the molecule is CN1C(=O)C2C(C1=O)C13CCCCCCCCCCCCC2(C(Cc2ccccc2)=C1Cc1ccccc1)S3=O. The Morgan fingerprint density at radius 3 is 1.35 bits per heavy atom. The van der Waals surface area contributed by atoms with E-state index in [1.165, 1.54) is 65.7 Å². The Bertz CT molecular complexity index is 1210. The van der Waals surface area contributed by atoms with Gasteiger partial charge in [-0.3, -0.25) is 18.7 Å². The van der Waals surface area contributed by atoms with Crippen molar-refractivity contribution in [2.45, 2.75) is 99.4 Å². The van der Waals surface area contributed by atoms with E-state index in [1.54, 1.807) is 7.05 Å². The van der Waals surface area contributed by atoms with Gasteiger partial charge in [-0.25, -0.2) is 0 Å². The largest absolute Gasteiger partial charge is 0.285 e. The van der Waals surface area contributed by atoms with E-state index in [2.05, 4.69) is 48.5 Å². The van der Waals surface area contributed by atoms with E-state index in [0.717, 1.165) is 38.5 Å². The molecule has 0 aromatic heterocycles. The van der Waals surface area contributed by atoms with Gasteiger partial charge in [0.15, 0.2) is 0 Å². The lowest BCUT2D eigenvalue weighted by molar-refractivity contribution is -0.138. The lowest BCUT2D eigenvalue weighted by atomic mass is 9.60. The summed E-state index contributed by atoms with van der Waals surface area (Å²) in [5, 5.41) is 0. The molecule has 2 bridgehead atoms. The van der Waals surface area contributed by atoms with Gasteiger partial charge in [0.2, 0.25) is 11.8 Å². The second kappa shape index (κ2) is 11.4. The molecule has 3 saturated heterocycles. The van der Waals surface area contributed by atoms with Crippen LogP contribution < -0.4 is 0 Å². The van der Waals surface area contributed by atoms with Gasteiger partial charge in [0.25, 0.3) is 0 Å². The standard InChI is InChI=1S/C35H43NO3S/c1-36-32(37)30-31(33(36)38)35-23-17-9-7-5-3-2-4-6-8-16-22-34(30,40(35)39)28(24-26-18-12-10-13-19-26)29(35)25-27-20-14-11-15-21-27/h10-15,18-21,30-31H,2-9,16-17,22-25H2,1H3. The molecule has 6 rings (SSSR count). The summed E-state index contributed by atoms with van der Waals surface area (Å²) in [4.78, 5) is 29.3. The Hall–Kier alpha value is -2.53. The van der Waals surface area contributed by atoms with E-state index in [4.69, 9.17) is 0 Å². The molecular formula is C35H43NO3S. The monoisotopic (exact) mass is 557 g/mol. The number of fused-ring (bicyclic) bond motifs is 1. The molecule has 4 nitrogen and oxygen atoms in total. The number of carbonyl (C=O) groups excluding carboxylic acids is 2. The summed E-state index contributed by atoms with van der Waals surface area (Å²) in [6, 6.07) is 21.0. The summed E-state index contributed by atoms with van der Waals surface area (Å²) in [6.45, 7) is 0. The van der Waals surface area contributed by atoms with Crippen molar-refractivity contribution in [2.24, 2.45) is 11.8 Å². The van der Waals surface area contributed by atoms with Crippen LogP contribution in [-0.2, 0) is 33.2 Å². The van der Waals surface area contributed by atoms with Gasteiger partial charge >= 0.3 is 0 Å². The van der Waals surface area contributed by atoms with Crippen molar-refractivity contribution in [3.63, 3.8) is 0 Å². The molecule has 2 aromatic rings. The van der Waals surface area contributed by atoms with Crippen LogP contribution in [0.3, 0.4) is 0 Å². The summed E-state index contributed by atoms with van der Waals surface area (Å²) in [5.74, 6) is -1.21. The van der Waals surface area contributed by atoms with Crippen LogP contribution in [0.2, 0.25) is 0 Å². The Kier molecular flexibility index (Phi) is 7.87. The average Bonchev–Trinajstić information content (AvgIpc) is 3.41. The first-order valence-corrected chi connectivity index (χ1v) is 16.7. The van der Waals surface area contributed by atoms with E-state index < -0.39 is 32.1 Å². The van der Waals surface area contributed by atoms with Gasteiger partial charge in [-0.1, -0.05) is 125 Å². The molecule has 40 heavy (non-hydrogen) atoms. The molecule has 0 radical (unpaired) electrons. The Morgan fingerprint density at radius 1 is 0.625 bits per heavy atom. The number of likely N-dealkylation sites (tertiary alicyclic amines) is 1. The first-order chi connectivity index (χ1) is 19.5. The van der Waals surface area contributed by atoms with Gasteiger partial charge in [-0.05, 0) is 48.0 Å². The van der Waals surface area contributed by atoms with Crippen LogP contribution in [-0.4, -0.2) is 37.5 Å². The maximum Gasteiger partial charge on any atom is 0.234 e. The molecule has 0 N–H and O–H groups in total. The smallest absolute Gasteiger partial charge is 0.234 e. The van der Waals surface area contributed by atoms with E-state index in [0.29, 0.717) is 12.8 Å². The average molecular weight is 558 g/mol. The number of hydrogen-bond acceptors (Lipinski definition) is 3. The van der Waals surface area contributed by atoms with Gasteiger partial charge in [0.1, 0.15) is 0 Å². The number of rotatable bonds is 4. The molecule has 212 valence electrons. The molecule has 4 unspecified atom stereocenters. The van der Waals surface area contributed by atoms with Gasteiger partial charge < -0.3 is 0 Å². The minimum Gasteiger partial charge on any atom is -0.285 e. The molecule has 2 aromatic carbocycles. The van der Waals surface area contributed by atoms with Gasteiger partial charge in [-0.2, -0.15) is 0 Å². The van der Waals surface area contributed by atoms with Crippen LogP contribution in [0.25, 0.3) is 0 Å². The van der Waals surface area contributed by atoms with Crippen LogP contribution in [0.4, 0.5) is 0 Å². The van der Waals surface area contributed by atoms with Gasteiger partial charge in [0, 0.05) is 17.8 Å². The van der Waals surface area contributed by atoms with Crippen molar-refractivity contribution in [1.29, 1.82) is 0 Å². The zero-order chi connectivity index (χ0) is 27.7. The first kappa shape index (κ1) is 27.6. The van der Waals surface area contributed by atoms with Crippen molar-refractivity contribution >= 4 is 22.6 Å². The molecule has 4 aliphatic rings. The van der Waals surface area contributed by atoms with Crippen LogP contribution in [0.5, 0.6) is 0 Å². The summed E-state index contributed by atoms with van der Waals surface area (Å²) in [5.41, 5.74) is 4.81. The van der Waals surface area contributed by atoms with Gasteiger partial charge in [0.05, 0.1) is 21.3 Å². The molecule has 4 heterocycles. The molecule has 0 aliphatic carbocycles. The van der Waals surface area contributed by atoms with Crippen molar-refractivity contribution in [3.05, 3.63) is 82.9 Å². The predicted molar refractivity (Wildman–Crippen MR) is 161 cm³/mol. The number of hydrogen-bond donors (Lipinski definition) is 0. The third-order valence-corrected chi connectivity index (χ3v) is 13.1. The van der Waals surface area contributed by atoms with E-state index in [1.807, 2.05) is 12.1 Å². The van der Waals surface area contributed by atoms with Crippen molar-refractivity contribution < 1.29 is 13.8 Å². The topological polar surface area (TPSA) is 54.5 Å². The highest BCUT2D eigenvalue weighted by molar-refractivity contribution is 7.89. The van der Waals surface area contributed by atoms with Crippen LogP contribution in [0.1, 0.15) is 88.2 Å². The van der Waals surface area contributed by atoms with Crippen LogP contribution >= 0.6 is 0 Å². The maximum absolute atomic E-state index is 15.3. The number of imide groups is 1. The summed E-state index contributed by atoms with van der Waals surface area (Å²) in [7, 11) is 0.327. The zero-order valence-electron chi connectivity index (χ0n) is 23.9. The second-order valence-corrected chi connectivity index (χ2v) is 14.6. The summed E-state index contributed by atoms with van der Waals surface area (Å²) in [6.07, 6.45) is 14.4. The molecule has 2 amide bonds. The molecule has 3 fully saturated rings. The zero-order valence-corrected chi connectivity index (χ0v) is 24.7. The molecule has 0 saturated carbocycles. The van der Waals surface area contributed by atoms with Crippen molar-refractivity contribution in [1.82, 2.24) is 4.90 Å². The minimum atomic E-state index is -1.33. The molecule has 4 atom stereocenters. The first-order valence-electron chi connectivity index (χ1n) is 15.6. The van der Waals surface area contributed by atoms with Crippen LogP contribution in [0.15, 0.2) is 71.8 Å². The van der Waals surface area contributed by atoms with Crippen LogP contribution in [0, 0.1) is 11.8 Å². The predicted octanol–water partition coefficient (Wildman–Crippen LogP) is 6.95. The van der Waals surface area contributed by atoms with E-state index >= 15 is 4.21 Å². The Labute approximate surface area is 242 Å². The van der Waals surface area contributed by atoms with Crippen molar-refractivity contribution in [2.75, 3.05) is 7.05 Å². The molecule has 5 heteroatoms. The fourth-order valence-electron chi connectivity index (χ4n) is 8.51. The fraction of sp³-hybridized carbons (Fsp3) is 0.543. The highest BCUT2D eigenvalue weighted by Gasteiger charge is 2.79. The third kappa shape index (κ3) is 4.35. The quantitative estimate of drug-likeness (QED) is 0.302. The molecular weight excluding hydrogens is 514 g/mol. The molecule has 4 aliphatic heterocycles. The number of carbonyl (C=O) groups is 2. The second-order valence-electron chi connectivity index (χ2n) is 12.6. The fourth-order valence-corrected chi connectivity index (χ4v) is 11.6. The normalized spacial score (nSPS) is 33.1. The number of benzene rings is 2. The van der Waals surface area contributed by atoms with Crippen molar-refractivity contribution in [3.8, 4) is 0 Å². The number of amides is 2. The van der Waals surface area contributed by atoms with E-state index in [9.17, 15) is 9.59 Å². The summed E-state index contributed by atoms with van der Waals surface area (Å²) < 4.78 is 13.8. The lowest BCUT2D eigenvalue weighted by Crippen LogP contribution is -2.45. The maximum atomic E-state index is 15.3. The lowest BCUT2D eigenvalue weighted by Gasteiger charge is -2.38. The van der Waals surface area contributed by atoms with E-state index in [-0.39, 0.29) is 11.8 Å². The van der Waals surface area contributed by atoms with Gasteiger partial charge in [-0.15, -0.1) is 0 Å². The molecule has 0 spiro atoms. The Balaban J connectivity index is 1.56. The third-order valence-electron chi connectivity index (χ3n) is 10.4.